The predicted molar refractivity (Wildman–Crippen MR) is 107 cm³/mol. The molecule has 1 amide bonds. The quantitative estimate of drug-likeness (QED) is 0.541. The highest BCUT2D eigenvalue weighted by atomic mass is 35.5. The summed E-state index contributed by atoms with van der Waals surface area (Å²) in [7, 11) is 0. The Balaban J connectivity index is 1.44. The average molecular weight is 411 g/mol. The molecule has 2 aromatic heterocycles. The van der Waals surface area contributed by atoms with Crippen LogP contribution in [0.4, 0.5) is 0 Å². The van der Waals surface area contributed by atoms with Crippen LogP contribution in [0.15, 0.2) is 47.4 Å². The van der Waals surface area contributed by atoms with Crippen molar-refractivity contribution in [2.24, 2.45) is 0 Å². The van der Waals surface area contributed by atoms with Gasteiger partial charge in [-0.3, -0.25) is 9.59 Å². The summed E-state index contributed by atoms with van der Waals surface area (Å²) in [5.74, 6) is 0.705. The number of nitrogens with zero attached hydrogens (tertiary/aromatic N) is 2. The van der Waals surface area contributed by atoms with Gasteiger partial charge in [0.1, 0.15) is 24.4 Å². The molecule has 29 heavy (non-hydrogen) atoms. The van der Waals surface area contributed by atoms with Gasteiger partial charge in [0, 0.05) is 6.54 Å². The Morgan fingerprint density at radius 2 is 2.07 bits per heavy atom. The molecular weight excluding hydrogens is 396 g/mol. The van der Waals surface area contributed by atoms with E-state index in [1.807, 2.05) is 6.07 Å². The van der Waals surface area contributed by atoms with Gasteiger partial charge in [-0.25, -0.2) is 4.52 Å². The number of benzene rings is 2. The standard InChI is InChI=1S/C20H15ClN4O4/c21-14-7-11(8-16-17(14)29-6-5-28-16)9-22-19(26)13-10-23-25-15-4-2-1-3-12(15)20(27)24-18(13)25/h1-4,7-8,10H,5-6,9H2,(H,22,26)(H,24,27). The number of para-hydroxylation sites is 1. The lowest BCUT2D eigenvalue weighted by Crippen LogP contribution is -2.24. The van der Waals surface area contributed by atoms with Crippen LogP contribution < -0.4 is 20.3 Å². The first-order valence-corrected chi connectivity index (χ1v) is 9.34. The number of hydrogen-bond donors (Lipinski definition) is 2. The van der Waals surface area contributed by atoms with Gasteiger partial charge in [-0.1, -0.05) is 23.7 Å². The van der Waals surface area contributed by atoms with Gasteiger partial charge in [0.2, 0.25) is 0 Å². The number of carbonyl (C=O) groups excluding carboxylic acids is 1. The molecule has 3 heterocycles. The monoisotopic (exact) mass is 410 g/mol. The second kappa shape index (κ2) is 6.82. The van der Waals surface area contributed by atoms with Crippen LogP contribution in [0, 0.1) is 0 Å². The van der Waals surface area contributed by atoms with Crippen molar-refractivity contribution in [1.29, 1.82) is 0 Å². The maximum Gasteiger partial charge on any atom is 0.259 e. The average Bonchev–Trinajstić information content (AvgIpc) is 3.16. The molecule has 9 heteroatoms. The highest BCUT2D eigenvalue weighted by Crippen LogP contribution is 2.38. The number of aromatic nitrogens is 3. The van der Waals surface area contributed by atoms with Gasteiger partial charge in [-0.05, 0) is 29.8 Å². The summed E-state index contributed by atoms with van der Waals surface area (Å²) < 4.78 is 12.6. The van der Waals surface area contributed by atoms with E-state index < -0.39 is 0 Å². The Morgan fingerprint density at radius 1 is 1.24 bits per heavy atom. The van der Waals surface area contributed by atoms with Crippen molar-refractivity contribution in [3.63, 3.8) is 0 Å². The zero-order valence-corrected chi connectivity index (χ0v) is 15.8. The van der Waals surface area contributed by atoms with E-state index in [-0.39, 0.29) is 23.6 Å². The third-order valence-corrected chi connectivity index (χ3v) is 5.01. The van der Waals surface area contributed by atoms with Crippen LogP contribution in [0.2, 0.25) is 5.02 Å². The molecule has 146 valence electrons. The van der Waals surface area contributed by atoms with Crippen molar-refractivity contribution in [1.82, 2.24) is 19.9 Å². The van der Waals surface area contributed by atoms with Crippen molar-refractivity contribution in [2.75, 3.05) is 13.2 Å². The third kappa shape index (κ3) is 2.98. The number of aromatic amines is 1. The highest BCUT2D eigenvalue weighted by molar-refractivity contribution is 6.32. The number of H-pyrrole nitrogens is 1. The number of nitrogens with one attached hydrogen (secondary N) is 2. The van der Waals surface area contributed by atoms with Crippen molar-refractivity contribution >= 4 is 34.1 Å². The summed E-state index contributed by atoms with van der Waals surface area (Å²) in [5, 5.41) is 8.02. The Hall–Kier alpha value is -3.52. The first-order chi connectivity index (χ1) is 14.1. The number of hydrogen-bond acceptors (Lipinski definition) is 5. The molecule has 0 saturated heterocycles. The fraction of sp³-hybridized carbons (Fsp3) is 0.150. The first-order valence-electron chi connectivity index (χ1n) is 8.97. The van der Waals surface area contributed by atoms with Gasteiger partial charge in [0.25, 0.3) is 11.5 Å². The second-order valence-corrected chi connectivity index (χ2v) is 6.98. The summed E-state index contributed by atoms with van der Waals surface area (Å²) in [6.07, 6.45) is 1.43. The molecule has 4 aromatic rings. The van der Waals surface area contributed by atoms with Crippen LogP contribution in [0.1, 0.15) is 15.9 Å². The lowest BCUT2D eigenvalue weighted by Gasteiger charge is -2.20. The summed E-state index contributed by atoms with van der Waals surface area (Å²) >= 11 is 6.24. The first kappa shape index (κ1) is 17.6. The van der Waals surface area contributed by atoms with Crippen LogP contribution >= 0.6 is 11.6 Å². The van der Waals surface area contributed by atoms with Crippen LogP contribution in [0.25, 0.3) is 16.6 Å². The zero-order valence-electron chi connectivity index (χ0n) is 15.1. The number of fused-ring (bicyclic) bond motifs is 4. The summed E-state index contributed by atoms with van der Waals surface area (Å²) in [4.78, 5) is 27.8. The number of amides is 1. The maximum absolute atomic E-state index is 12.7. The Bertz CT molecular complexity index is 1330. The van der Waals surface area contributed by atoms with Crippen molar-refractivity contribution < 1.29 is 14.3 Å². The Labute approximate surface area is 169 Å². The normalized spacial score (nSPS) is 13.0. The lowest BCUT2D eigenvalue weighted by atomic mass is 10.2. The summed E-state index contributed by atoms with van der Waals surface area (Å²) in [6, 6.07) is 10.6. The molecule has 0 radical (unpaired) electrons. The second-order valence-electron chi connectivity index (χ2n) is 6.57. The largest absolute Gasteiger partial charge is 0.486 e. The fourth-order valence-electron chi connectivity index (χ4n) is 3.39. The van der Waals surface area contributed by atoms with Crippen molar-refractivity contribution in [3.8, 4) is 11.5 Å². The van der Waals surface area contributed by atoms with E-state index in [0.29, 0.717) is 46.3 Å². The van der Waals surface area contributed by atoms with Gasteiger partial charge in [0.05, 0.1) is 22.1 Å². The van der Waals surface area contributed by atoms with Crippen LogP contribution in [-0.4, -0.2) is 33.7 Å². The van der Waals surface area contributed by atoms with E-state index in [4.69, 9.17) is 21.1 Å². The smallest absolute Gasteiger partial charge is 0.259 e. The molecule has 0 bridgehead atoms. The zero-order chi connectivity index (χ0) is 20.0. The number of halogens is 1. The van der Waals surface area contributed by atoms with Gasteiger partial charge in [0.15, 0.2) is 11.5 Å². The van der Waals surface area contributed by atoms with E-state index in [1.165, 1.54) is 6.20 Å². The van der Waals surface area contributed by atoms with Crippen LogP contribution in [-0.2, 0) is 6.54 Å². The number of carbonyl (C=O) groups is 1. The molecular formula is C20H15ClN4O4. The van der Waals surface area contributed by atoms with E-state index in [2.05, 4.69) is 15.4 Å². The maximum atomic E-state index is 12.7. The summed E-state index contributed by atoms with van der Waals surface area (Å²) in [5.41, 5.74) is 1.73. The Morgan fingerprint density at radius 3 is 2.97 bits per heavy atom. The molecule has 5 rings (SSSR count). The molecule has 0 spiro atoms. The highest BCUT2D eigenvalue weighted by Gasteiger charge is 2.19. The van der Waals surface area contributed by atoms with E-state index >= 15 is 0 Å². The molecule has 2 N–H and O–H groups in total. The number of rotatable bonds is 3. The minimum atomic E-state index is -0.364. The molecule has 0 atom stereocenters. The minimum Gasteiger partial charge on any atom is -0.486 e. The van der Waals surface area contributed by atoms with E-state index in [9.17, 15) is 9.59 Å². The molecule has 8 nitrogen and oxygen atoms in total. The predicted octanol–water partition coefficient (Wildman–Crippen LogP) is 2.53. The molecule has 0 saturated carbocycles. The van der Waals surface area contributed by atoms with Crippen LogP contribution in [0.3, 0.4) is 0 Å². The Kier molecular flexibility index (Phi) is 4.13. The van der Waals surface area contributed by atoms with E-state index in [1.54, 1.807) is 34.8 Å². The van der Waals surface area contributed by atoms with Gasteiger partial charge in [-0.2, -0.15) is 5.10 Å². The molecule has 2 aromatic carbocycles. The minimum absolute atomic E-state index is 0.227. The summed E-state index contributed by atoms with van der Waals surface area (Å²) in [6.45, 7) is 1.12. The van der Waals surface area contributed by atoms with Crippen molar-refractivity contribution in [3.05, 3.63) is 69.1 Å². The van der Waals surface area contributed by atoms with E-state index in [0.717, 1.165) is 5.56 Å². The number of ether oxygens (including phenoxy) is 2. The molecule has 1 aliphatic heterocycles. The molecule has 0 fully saturated rings. The van der Waals surface area contributed by atoms with Gasteiger partial charge >= 0.3 is 0 Å². The van der Waals surface area contributed by atoms with Gasteiger partial charge < -0.3 is 19.8 Å². The topological polar surface area (TPSA) is 97.7 Å². The lowest BCUT2D eigenvalue weighted by molar-refractivity contribution is 0.0952. The fourth-order valence-corrected chi connectivity index (χ4v) is 3.67. The third-order valence-electron chi connectivity index (χ3n) is 4.73. The molecule has 0 unspecified atom stereocenters. The molecule has 1 aliphatic rings. The SMILES string of the molecule is O=C(NCc1cc(Cl)c2c(c1)OCCO2)c1cnn2c1[nH]c(=O)c1ccccc12. The molecule has 0 aliphatic carbocycles. The van der Waals surface area contributed by atoms with Crippen LogP contribution in [0.5, 0.6) is 11.5 Å². The van der Waals surface area contributed by atoms with Crippen molar-refractivity contribution in [2.45, 2.75) is 6.54 Å². The van der Waals surface area contributed by atoms with Gasteiger partial charge in [-0.15, -0.1) is 0 Å².